The van der Waals surface area contributed by atoms with Crippen LogP contribution in [0.1, 0.15) is 19.4 Å². The molecule has 6 nitrogen and oxygen atoms in total. The van der Waals surface area contributed by atoms with Gasteiger partial charge in [-0.3, -0.25) is 19.8 Å². The Kier molecular flexibility index (Phi) is 6.58. The summed E-state index contributed by atoms with van der Waals surface area (Å²) in [5, 5.41) is 11.2. The molecule has 0 bridgehead atoms. The van der Waals surface area contributed by atoms with Crippen LogP contribution in [0.4, 0.5) is 5.69 Å². The minimum atomic E-state index is -0.457. The normalized spacial score (nSPS) is 10.7. The molecule has 0 N–H and O–H groups in total. The third-order valence-electron chi connectivity index (χ3n) is 3.20. The van der Waals surface area contributed by atoms with Gasteiger partial charge in [0.25, 0.3) is 5.69 Å². The number of hydrogen-bond acceptors (Lipinski definition) is 4. The van der Waals surface area contributed by atoms with Gasteiger partial charge in [-0.1, -0.05) is 11.6 Å². The fourth-order valence-corrected chi connectivity index (χ4v) is 2.23. The van der Waals surface area contributed by atoms with Gasteiger partial charge in [-0.25, -0.2) is 0 Å². The zero-order valence-corrected chi connectivity index (χ0v) is 13.3. The molecule has 0 spiro atoms. The zero-order chi connectivity index (χ0) is 16.0. The Hall–Kier alpha value is -1.66. The van der Waals surface area contributed by atoms with E-state index in [2.05, 4.69) is 0 Å². The highest BCUT2D eigenvalue weighted by atomic mass is 35.5. The lowest BCUT2D eigenvalue weighted by Crippen LogP contribution is -2.38. The molecule has 1 aromatic carbocycles. The molecule has 0 unspecified atom stereocenters. The van der Waals surface area contributed by atoms with Crippen LogP contribution in [-0.2, 0) is 11.3 Å². The number of likely N-dealkylation sites (N-methyl/N-ethyl adjacent to an activating group) is 2. The Morgan fingerprint density at radius 2 is 1.95 bits per heavy atom. The summed E-state index contributed by atoms with van der Waals surface area (Å²) in [6.45, 7) is 5.83. The number of nitro groups is 1. The van der Waals surface area contributed by atoms with Crippen molar-refractivity contribution in [3.8, 4) is 0 Å². The first-order chi connectivity index (χ1) is 9.88. The molecule has 0 aliphatic heterocycles. The van der Waals surface area contributed by atoms with Crippen molar-refractivity contribution in [2.45, 2.75) is 20.4 Å². The monoisotopic (exact) mass is 313 g/mol. The first kappa shape index (κ1) is 17.4. The Bertz CT molecular complexity index is 518. The van der Waals surface area contributed by atoms with E-state index >= 15 is 0 Å². The van der Waals surface area contributed by atoms with Crippen molar-refractivity contribution in [3.63, 3.8) is 0 Å². The highest BCUT2D eigenvalue weighted by Crippen LogP contribution is 2.23. The van der Waals surface area contributed by atoms with Crippen LogP contribution in [0.3, 0.4) is 0 Å². The lowest BCUT2D eigenvalue weighted by Gasteiger charge is -2.23. The molecule has 1 rings (SSSR count). The maximum atomic E-state index is 12.0. The number of hydrogen-bond donors (Lipinski definition) is 0. The van der Waals surface area contributed by atoms with E-state index in [1.165, 1.54) is 18.2 Å². The zero-order valence-electron chi connectivity index (χ0n) is 12.5. The van der Waals surface area contributed by atoms with Crippen molar-refractivity contribution >= 4 is 23.2 Å². The van der Waals surface area contributed by atoms with Crippen LogP contribution in [0.15, 0.2) is 18.2 Å². The molecule has 0 radical (unpaired) electrons. The van der Waals surface area contributed by atoms with Gasteiger partial charge in [-0.05, 0) is 32.5 Å². The number of carbonyl (C=O) groups is 1. The maximum absolute atomic E-state index is 12.0. The average molecular weight is 314 g/mol. The molecule has 0 aliphatic rings. The highest BCUT2D eigenvalue weighted by Gasteiger charge is 2.15. The van der Waals surface area contributed by atoms with Gasteiger partial charge in [0, 0.05) is 36.8 Å². The first-order valence-corrected chi connectivity index (χ1v) is 7.15. The molecule has 0 aliphatic carbocycles. The molecule has 0 saturated heterocycles. The predicted octanol–water partition coefficient (Wildman–Crippen LogP) is 2.55. The second kappa shape index (κ2) is 7.95. The second-order valence-corrected chi connectivity index (χ2v) is 5.18. The third kappa shape index (κ3) is 4.99. The summed E-state index contributed by atoms with van der Waals surface area (Å²) < 4.78 is 0. The van der Waals surface area contributed by atoms with E-state index in [1.54, 1.807) is 16.8 Å². The smallest absolute Gasteiger partial charge is 0.269 e. The van der Waals surface area contributed by atoms with E-state index in [9.17, 15) is 14.9 Å². The fourth-order valence-electron chi connectivity index (χ4n) is 2.05. The summed E-state index contributed by atoms with van der Waals surface area (Å²) in [5.41, 5.74) is 0.638. The molecule has 0 fully saturated rings. The number of nitrogens with zero attached hydrogens (tertiary/aromatic N) is 3. The summed E-state index contributed by atoms with van der Waals surface area (Å²) in [6, 6.07) is 4.32. The van der Waals surface area contributed by atoms with Crippen molar-refractivity contribution in [1.29, 1.82) is 0 Å². The largest absolute Gasteiger partial charge is 0.342 e. The van der Waals surface area contributed by atoms with Crippen molar-refractivity contribution < 1.29 is 9.72 Å². The summed E-state index contributed by atoms with van der Waals surface area (Å²) in [4.78, 5) is 25.9. The first-order valence-electron chi connectivity index (χ1n) is 6.78. The van der Waals surface area contributed by atoms with E-state index in [1.807, 2.05) is 13.8 Å². The highest BCUT2D eigenvalue weighted by molar-refractivity contribution is 6.31. The van der Waals surface area contributed by atoms with Crippen molar-refractivity contribution in [1.82, 2.24) is 9.80 Å². The average Bonchev–Trinajstić information content (AvgIpc) is 2.42. The molecule has 1 amide bonds. The summed E-state index contributed by atoms with van der Waals surface area (Å²) in [5.74, 6) is 0.0315. The van der Waals surface area contributed by atoms with Crippen LogP contribution in [-0.4, -0.2) is 47.3 Å². The lowest BCUT2D eigenvalue weighted by molar-refractivity contribution is -0.384. The van der Waals surface area contributed by atoms with E-state index in [0.717, 1.165) is 0 Å². The van der Waals surface area contributed by atoms with Gasteiger partial charge in [-0.2, -0.15) is 0 Å². The number of benzene rings is 1. The standard InChI is InChI=1S/C14H20ClN3O3/c1-4-17(5-2)14(19)10-16(3)9-11-8-12(18(20)21)6-7-13(11)15/h6-8H,4-5,9-10H2,1-3H3. The minimum Gasteiger partial charge on any atom is -0.342 e. The Labute approximate surface area is 129 Å². The quantitative estimate of drug-likeness (QED) is 0.573. The van der Waals surface area contributed by atoms with E-state index in [-0.39, 0.29) is 18.1 Å². The molecule has 7 heteroatoms. The molecule has 0 saturated carbocycles. The van der Waals surface area contributed by atoms with Gasteiger partial charge in [-0.15, -0.1) is 0 Å². The lowest BCUT2D eigenvalue weighted by atomic mass is 10.2. The molecule has 21 heavy (non-hydrogen) atoms. The molecule has 0 heterocycles. The third-order valence-corrected chi connectivity index (χ3v) is 3.57. The Morgan fingerprint density at radius 3 is 2.48 bits per heavy atom. The molecule has 0 atom stereocenters. The van der Waals surface area contributed by atoms with Crippen LogP contribution >= 0.6 is 11.6 Å². The summed E-state index contributed by atoms with van der Waals surface area (Å²) in [7, 11) is 1.79. The van der Waals surface area contributed by atoms with Crippen molar-refractivity contribution in [2.75, 3.05) is 26.7 Å². The topological polar surface area (TPSA) is 66.7 Å². The number of amides is 1. The van der Waals surface area contributed by atoms with Gasteiger partial charge in [0.1, 0.15) is 0 Å². The predicted molar refractivity (Wildman–Crippen MR) is 82.4 cm³/mol. The van der Waals surface area contributed by atoms with E-state index in [4.69, 9.17) is 11.6 Å². The fraction of sp³-hybridized carbons (Fsp3) is 0.500. The number of non-ortho nitro benzene ring substituents is 1. The van der Waals surface area contributed by atoms with Crippen LogP contribution in [0.2, 0.25) is 5.02 Å². The van der Waals surface area contributed by atoms with E-state index < -0.39 is 4.92 Å². The van der Waals surface area contributed by atoms with Gasteiger partial charge in [0.15, 0.2) is 0 Å². The Morgan fingerprint density at radius 1 is 1.33 bits per heavy atom. The molecule has 116 valence electrons. The van der Waals surface area contributed by atoms with E-state index in [0.29, 0.717) is 30.2 Å². The number of rotatable bonds is 7. The molecule has 1 aromatic rings. The van der Waals surface area contributed by atoms with Gasteiger partial charge in [0.2, 0.25) is 5.91 Å². The molecular weight excluding hydrogens is 294 g/mol. The van der Waals surface area contributed by atoms with Crippen LogP contribution < -0.4 is 0 Å². The van der Waals surface area contributed by atoms with Crippen molar-refractivity contribution in [2.24, 2.45) is 0 Å². The maximum Gasteiger partial charge on any atom is 0.269 e. The second-order valence-electron chi connectivity index (χ2n) is 4.77. The SMILES string of the molecule is CCN(CC)C(=O)CN(C)Cc1cc([N+](=O)[O-])ccc1Cl. The summed E-state index contributed by atoms with van der Waals surface area (Å²) >= 11 is 6.05. The van der Waals surface area contributed by atoms with Gasteiger partial charge < -0.3 is 4.90 Å². The number of halogens is 1. The van der Waals surface area contributed by atoms with Gasteiger partial charge in [0.05, 0.1) is 11.5 Å². The number of nitro benzene ring substituents is 1. The van der Waals surface area contributed by atoms with Gasteiger partial charge >= 0.3 is 0 Å². The van der Waals surface area contributed by atoms with Crippen molar-refractivity contribution in [3.05, 3.63) is 38.9 Å². The summed E-state index contributed by atoms with van der Waals surface area (Å²) in [6.07, 6.45) is 0. The Balaban J connectivity index is 2.74. The van der Waals surface area contributed by atoms with Crippen LogP contribution in [0.25, 0.3) is 0 Å². The van der Waals surface area contributed by atoms with Crippen LogP contribution in [0.5, 0.6) is 0 Å². The minimum absolute atomic E-state index is 0.00197. The molecule has 0 aromatic heterocycles. The van der Waals surface area contributed by atoms with Crippen LogP contribution in [0, 0.1) is 10.1 Å². The number of carbonyl (C=O) groups excluding carboxylic acids is 1. The molecular formula is C14H20ClN3O3.